The Morgan fingerprint density at radius 3 is 2.79 bits per heavy atom. The van der Waals surface area contributed by atoms with Gasteiger partial charge in [-0.3, -0.25) is 4.68 Å². The molecule has 0 radical (unpaired) electrons. The molecule has 2 N–H and O–H groups in total. The number of hydrogen-bond acceptors (Lipinski definition) is 2. The van der Waals surface area contributed by atoms with Crippen molar-refractivity contribution in [3.05, 3.63) is 18.0 Å². The topological polar surface area (TPSA) is 43.8 Å². The fourth-order valence-electron chi connectivity index (χ4n) is 1.55. The van der Waals surface area contributed by atoms with Crippen LogP contribution in [0.15, 0.2) is 12.3 Å². The molecular weight excluding hydrogens is 174 g/mol. The van der Waals surface area contributed by atoms with E-state index in [0.717, 1.165) is 19.3 Å². The quantitative estimate of drug-likeness (QED) is 0.777. The van der Waals surface area contributed by atoms with Crippen molar-refractivity contribution in [2.45, 2.75) is 39.2 Å². The van der Waals surface area contributed by atoms with Crippen LogP contribution in [0.2, 0.25) is 0 Å². The minimum atomic E-state index is 0.315. The summed E-state index contributed by atoms with van der Waals surface area (Å²) in [7, 11) is 1.98. The van der Waals surface area contributed by atoms with Gasteiger partial charge in [0.05, 0.1) is 0 Å². The summed E-state index contributed by atoms with van der Waals surface area (Å²) in [5.74, 6) is 0.614. The lowest BCUT2D eigenvalue weighted by Crippen LogP contribution is -2.28. The Kier molecular flexibility index (Phi) is 4.14. The van der Waals surface area contributed by atoms with E-state index in [2.05, 4.69) is 25.0 Å². The van der Waals surface area contributed by atoms with Gasteiger partial charge in [-0.05, 0) is 24.8 Å². The van der Waals surface area contributed by atoms with Crippen molar-refractivity contribution >= 4 is 0 Å². The first kappa shape index (κ1) is 11.2. The molecule has 0 aromatic carbocycles. The minimum Gasteiger partial charge on any atom is -0.327 e. The first-order valence-corrected chi connectivity index (χ1v) is 5.37. The number of aryl methyl sites for hydroxylation is 2. The van der Waals surface area contributed by atoms with Crippen LogP contribution in [-0.2, 0) is 13.5 Å². The van der Waals surface area contributed by atoms with Gasteiger partial charge in [0.25, 0.3) is 0 Å². The van der Waals surface area contributed by atoms with Crippen molar-refractivity contribution in [2.24, 2.45) is 18.7 Å². The lowest BCUT2D eigenvalue weighted by molar-refractivity contribution is 0.417. The van der Waals surface area contributed by atoms with Crippen LogP contribution in [0.1, 0.15) is 32.4 Å². The standard InChI is InChI=1S/C11H21N3/c1-4-9(2)11(12)6-5-10-7-8-13-14(10)3/h7-9,11H,4-6,12H2,1-3H3. The highest BCUT2D eigenvalue weighted by atomic mass is 15.2. The van der Waals surface area contributed by atoms with E-state index in [0.29, 0.717) is 12.0 Å². The molecule has 14 heavy (non-hydrogen) atoms. The molecule has 2 atom stereocenters. The van der Waals surface area contributed by atoms with E-state index in [1.807, 2.05) is 17.9 Å². The molecule has 3 nitrogen and oxygen atoms in total. The van der Waals surface area contributed by atoms with Crippen LogP contribution >= 0.6 is 0 Å². The van der Waals surface area contributed by atoms with Crippen LogP contribution in [0.4, 0.5) is 0 Å². The van der Waals surface area contributed by atoms with Crippen LogP contribution in [0.5, 0.6) is 0 Å². The molecule has 0 fully saturated rings. The summed E-state index contributed by atoms with van der Waals surface area (Å²) in [5, 5.41) is 4.14. The van der Waals surface area contributed by atoms with Gasteiger partial charge >= 0.3 is 0 Å². The second-order valence-corrected chi connectivity index (χ2v) is 4.03. The Labute approximate surface area is 86.3 Å². The van der Waals surface area contributed by atoms with Gasteiger partial charge in [-0.15, -0.1) is 0 Å². The summed E-state index contributed by atoms with van der Waals surface area (Å²) in [4.78, 5) is 0. The van der Waals surface area contributed by atoms with Gasteiger partial charge in [-0.1, -0.05) is 20.3 Å². The number of nitrogens with two attached hydrogens (primary N) is 1. The zero-order chi connectivity index (χ0) is 10.6. The third-order valence-electron chi connectivity index (χ3n) is 3.03. The van der Waals surface area contributed by atoms with E-state index < -0.39 is 0 Å². The highest BCUT2D eigenvalue weighted by Crippen LogP contribution is 2.11. The fourth-order valence-corrected chi connectivity index (χ4v) is 1.55. The van der Waals surface area contributed by atoms with Crippen molar-refractivity contribution in [2.75, 3.05) is 0 Å². The fraction of sp³-hybridized carbons (Fsp3) is 0.727. The van der Waals surface area contributed by atoms with Crippen molar-refractivity contribution in [3.8, 4) is 0 Å². The first-order chi connectivity index (χ1) is 6.65. The van der Waals surface area contributed by atoms with Crippen LogP contribution in [0.25, 0.3) is 0 Å². The Bertz CT molecular complexity index is 267. The van der Waals surface area contributed by atoms with Crippen LogP contribution < -0.4 is 5.73 Å². The molecule has 2 unspecified atom stereocenters. The molecule has 1 aromatic heterocycles. The molecule has 0 aliphatic rings. The van der Waals surface area contributed by atoms with E-state index in [9.17, 15) is 0 Å². The molecule has 80 valence electrons. The molecule has 0 aliphatic heterocycles. The summed E-state index contributed by atoms with van der Waals surface area (Å²) in [6.45, 7) is 4.41. The second-order valence-electron chi connectivity index (χ2n) is 4.03. The lowest BCUT2D eigenvalue weighted by Gasteiger charge is -2.17. The van der Waals surface area contributed by atoms with Gasteiger partial charge in [-0.2, -0.15) is 5.10 Å². The highest BCUT2D eigenvalue weighted by molar-refractivity contribution is 5.00. The highest BCUT2D eigenvalue weighted by Gasteiger charge is 2.11. The largest absolute Gasteiger partial charge is 0.327 e. The van der Waals surface area contributed by atoms with E-state index in [-0.39, 0.29) is 0 Å². The van der Waals surface area contributed by atoms with Crippen LogP contribution in [-0.4, -0.2) is 15.8 Å². The predicted molar refractivity (Wildman–Crippen MR) is 59.0 cm³/mol. The normalized spacial score (nSPS) is 15.4. The maximum absolute atomic E-state index is 6.06. The average Bonchev–Trinajstić information content (AvgIpc) is 2.59. The van der Waals surface area contributed by atoms with Crippen molar-refractivity contribution < 1.29 is 0 Å². The summed E-state index contributed by atoms with van der Waals surface area (Å²) >= 11 is 0. The van der Waals surface area contributed by atoms with Gasteiger partial charge in [-0.25, -0.2) is 0 Å². The summed E-state index contributed by atoms with van der Waals surface area (Å²) in [5.41, 5.74) is 7.33. The molecule has 1 rings (SSSR count). The molecule has 0 amide bonds. The summed E-state index contributed by atoms with van der Waals surface area (Å²) in [6.07, 6.45) is 5.08. The Morgan fingerprint density at radius 1 is 1.57 bits per heavy atom. The maximum Gasteiger partial charge on any atom is 0.0492 e. The molecule has 3 heteroatoms. The van der Waals surface area contributed by atoms with Crippen LogP contribution in [0.3, 0.4) is 0 Å². The van der Waals surface area contributed by atoms with Crippen molar-refractivity contribution in [3.63, 3.8) is 0 Å². The predicted octanol–water partition coefficient (Wildman–Crippen LogP) is 1.73. The van der Waals surface area contributed by atoms with Gasteiger partial charge in [0.1, 0.15) is 0 Å². The van der Waals surface area contributed by atoms with E-state index in [1.165, 1.54) is 5.69 Å². The molecule has 0 saturated carbocycles. The van der Waals surface area contributed by atoms with E-state index >= 15 is 0 Å². The smallest absolute Gasteiger partial charge is 0.0492 e. The zero-order valence-corrected chi connectivity index (χ0v) is 9.40. The molecule has 0 aliphatic carbocycles. The van der Waals surface area contributed by atoms with Gasteiger partial charge in [0.2, 0.25) is 0 Å². The van der Waals surface area contributed by atoms with Gasteiger partial charge < -0.3 is 5.73 Å². The maximum atomic E-state index is 6.06. The number of hydrogen-bond donors (Lipinski definition) is 1. The first-order valence-electron chi connectivity index (χ1n) is 5.37. The molecule has 0 saturated heterocycles. The summed E-state index contributed by atoms with van der Waals surface area (Å²) < 4.78 is 1.92. The molecule has 1 heterocycles. The SMILES string of the molecule is CCC(C)C(N)CCc1ccnn1C. The lowest BCUT2D eigenvalue weighted by atomic mass is 9.95. The van der Waals surface area contributed by atoms with Crippen molar-refractivity contribution in [1.82, 2.24) is 9.78 Å². The zero-order valence-electron chi connectivity index (χ0n) is 9.40. The van der Waals surface area contributed by atoms with E-state index in [1.54, 1.807) is 0 Å². The second kappa shape index (κ2) is 5.15. The van der Waals surface area contributed by atoms with Crippen molar-refractivity contribution in [1.29, 1.82) is 0 Å². The number of rotatable bonds is 5. The monoisotopic (exact) mass is 195 g/mol. The third-order valence-corrected chi connectivity index (χ3v) is 3.03. The molecule has 1 aromatic rings. The number of aromatic nitrogens is 2. The number of nitrogens with zero attached hydrogens (tertiary/aromatic N) is 2. The third kappa shape index (κ3) is 2.84. The van der Waals surface area contributed by atoms with Gasteiger partial charge in [0.15, 0.2) is 0 Å². The average molecular weight is 195 g/mol. The minimum absolute atomic E-state index is 0.315. The van der Waals surface area contributed by atoms with Crippen LogP contribution in [0, 0.1) is 5.92 Å². The Balaban J connectivity index is 2.37. The Morgan fingerprint density at radius 2 is 2.29 bits per heavy atom. The van der Waals surface area contributed by atoms with E-state index in [4.69, 9.17) is 5.73 Å². The Hall–Kier alpha value is -0.830. The van der Waals surface area contributed by atoms with Gasteiger partial charge in [0, 0.05) is 25.0 Å². The molecular formula is C11H21N3. The molecule has 0 spiro atoms. The molecule has 0 bridgehead atoms. The summed E-state index contributed by atoms with van der Waals surface area (Å²) in [6, 6.07) is 2.37.